The summed E-state index contributed by atoms with van der Waals surface area (Å²) in [5.74, 6) is 0.789. The zero-order valence-corrected chi connectivity index (χ0v) is 16.9. The Balaban J connectivity index is 1.41. The summed E-state index contributed by atoms with van der Waals surface area (Å²) in [6.07, 6.45) is 6.27. The number of halogens is 1. The Kier molecular flexibility index (Phi) is 5.60. The largest absolute Gasteiger partial charge is 0.316 e. The fourth-order valence-electron chi connectivity index (χ4n) is 2.78. The van der Waals surface area contributed by atoms with Gasteiger partial charge in [0.15, 0.2) is 5.13 Å². The van der Waals surface area contributed by atoms with Crippen LogP contribution in [0.15, 0.2) is 64.7 Å². The molecular weight excluding hydrogens is 422 g/mol. The van der Waals surface area contributed by atoms with Crippen molar-refractivity contribution >= 4 is 38.2 Å². The van der Waals surface area contributed by atoms with Crippen molar-refractivity contribution in [3.05, 3.63) is 87.2 Å². The highest BCUT2D eigenvalue weighted by molar-refractivity contribution is 9.10. The average molecular weight is 440 g/mol. The molecule has 0 fully saturated rings. The standard InChI is InChI=1S/C20H18BrN5S/c21-18-12-22-19(11-15(18)10-16-8-9-23-26-16)25-20-24-17(13-27-20)7-6-14-4-2-1-3-5-14/h1-5,8-9,11-13H,6-7,10H2,(H,23,26)(H,22,24,25). The summed E-state index contributed by atoms with van der Waals surface area (Å²) >= 11 is 5.18. The summed E-state index contributed by atoms with van der Waals surface area (Å²) in [7, 11) is 0. The van der Waals surface area contributed by atoms with E-state index in [1.807, 2.05) is 24.4 Å². The zero-order valence-electron chi connectivity index (χ0n) is 14.5. The van der Waals surface area contributed by atoms with Gasteiger partial charge in [-0.3, -0.25) is 5.10 Å². The van der Waals surface area contributed by atoms with Gasteiger partial charge in [0.25, 0.3) is 0 Å². The van der Waals surface area contributed by atoms with Crippen LogP contribution in [-0.2, 0) is 19.3 Å². The first-order chi connectivity index (χ1) is 13.3. The molecule has 4 rings (SSSR count). The lowest BCUT2D eigenvalue weighted by atomic mass is 10.1. The molecule has 1 aromatic carbocycles. The molecule has 7 heteroatoms. The summed E-state index contributed by atoms with van der Waals surface area (Å²) in [5, 5.41) is 13.3. The van der Waals surface area contributed by atoms with Gasteiger partial charge >= 0.3 is 0 Å². The second-order valence-corrected chi connectivity index (χ2v) is 7.89. The maximum atomic E-state index is 4.69. The van der Waals surface area contributed by atoms with Gasteiger partial charge in [-0.1, -0.05) is 30.3 Å². The molecule has 136 valence electrons. The molecule has 2 N–H and O–H groups in total. The highest BCUT2D eigenvalue weighted by Gasteiger charge is 2.08. The third-order valence-corrected chi connectivity index (χ3v) is 5.69. The Morgan fingerprint density at radius 3 is 2.81 bits per heavy atom. The van der Waals surface area contributed by atoms with Gasteiger partial charge in [-0.05, 0) is 52.0 Å². The molecule has 0 aliphatic heterocycles. The van der Waals surface area contributed by atoms with E-state index in [2.05, 4.69) is 71.1 Å². The topological polar surface area (TPSA) is 66.5 Å². The first kappa shape index (κ1) is 17.9. The summed E-state index contributed by atoms with van der Waals surface area (Å²) < 4.78 is 0.977. The van der Waals surface area contributed by atoms with Crippen LogP contribution in [0.1, 0.15) is 22.5 Å². The molecule has 0 aliphatic rings. The van der Waals surface area contributed by atoms with Gasteiger partial charge in [-0.2, -0.15) is 5.10 Å². The van der Waals surface area contributed by atoms with Crippen molar-refractivity contribution in [3.8, 4) is 0 Å². The number of aromatic nitrogens is 4. The number of aromatic amines is 1. The van der Waals surface area contributed by atoms with Gasteiger partial charge < -0.3 is 5.32 Å². The van der Waals surface area contributed by atoms with Crippen molar-refractivity contribution in [1.29, 1.82) is 0 Å². The maximum Gasteiger partial charge on any atom is 0.188 e. The molecule has 0 atom stereocenters. The van der Waals surface area contributed by atoms with Crippen LogP contribution < -0.4 is 5.32 Å². The molecule has 0 bridgehead atoms. The van der Waals surface area contributed by atoms with E-state index in [1.165, 1.54) is 5.56 Å². The lowest BCUT2D eigenvalue weighted by Crippen LogP contribution is -1.98. The van der Waals surface area contributed by atoms with Crippen LogP contribution in [0.4, 0.5) is 10.9 Å². The summed E-state index contributed by atoms with van der Waals surface area (Å²) in [4.78, 5) is 9.14. The highest BCUT2D eigenvalue weighted by Crippen LogP contribution is 2.25. The minimum atomic E-state index is 0.762. The number of anilines is 2. The van der Waals surface area contributed by atoms with Crippen LogP contribution in [0.25, 0.3) is 0 Å². The Morgan fingerprint density at radius 1 is 1.11 bits per heavy atom. The van der Waals surface area contributed by atoms with Crippen LogP contribution >= 0.6 is 27.3 Å². The van der Waals surface area contributed by atoms with Crippen LogP contribution in [0, 0.1) is 0 Å². The Bertz CT molecular complexity index is 998. The number of hydrogen-bond donors (Lipinski definition) is 2. The zero-order chi connectivity index (χ0) is 18.5. The number of pyridine rings is 1. The minimum absolute atomic E-state index is 0.762. The van der Waals surface area contributed by atoms with Crippen LogP contribution in [0.2, 0.25) is 0 Å². The molecule has 4 aromatic rings. The van der Waals surface area contributed by atoms with E-state index < -0.39 is 0 Å². The van der Waals surface area contributed by atoms with Gasteiger partial charge in [0.05, 0.1) is 5.69 Å². The fourth-order valence-corrected chi connectivity index (χ4v) is 3.89. The van der Waals surface area contributed by atoms with Crippen LogP contribution in [0.3, 0.4) is 0 Å². The summed E-state index contributed by atoms with van der Waals surface area (Å²) in [5.41, 5.74) is 4.63. The lowest BCUT2D eigenvalue weighted by Gasteiger charge is -2.07. The molecule has 0 spiro atoms. The minimum Gasteiger partial charge on any atom is -0.316 e. The van der Waals surface area contributed by atoms with Gasteiger partial charge in [0.1, 0.15) is 5.82 Å². The Hall–Kier alpha value is -2.51. The van der Waals surface area contributed by atoms with Crippen molar-refractivity contribution < 1.29 is 0 Å². The first-order valence-electron chi connectivity index (χ1n) is 8.64. The van der Waals surface area contributed by atoms with Crippen LogP contribution in [0.5, 0.6) is 0 Å². The van der Waals surface area contributed by atoms with Gasteiger partial charge in [0.2, 0.25) is 0 Å². The van der Waals surface area contributed by atoms with Crippen LogP contribution in [-0.4, -0.2) is 20.2 Å². The van der Waals surface area contributed by atoms with Gasteiger partial charge in [-0.15, -0.1) is 11.3 Å². The highest BCUT2D eigenvalue weighted by atomic mass is 79.9. The van der Waals surface area contributed by atoms with Gasteiger partial charge in [-0.25, -0.2) is 9.97 Å². The monoisotopic (exact) mass is 439 g/mol. The number of aryl methyl sites for hydroxylation is 2. The second kappa shape index (κ2) is 8.45. The molecule has 5 nitrogen and oxygen atoms in total. The van der Waals surface area contributed by atoms with Crippen molar-refractivity contribution in [3.63, 3.8) is 0 Å². The van der Waals surface area contributed by atoms with E-state index in [0.717, 1.165) is 51.6 Å². The molecule has 3 aromatic heterocycles. The first-order valence-corrected chi connectivity index (χ1v) is 10.3. The van der Waals surface area contributed by atoms with E-state index in [4.69, 9.17) is 0 Å². The van der Waals surface area contributed by atoms with Crippen molar-refractivity contribution in [1.82, 2.24) is 20.2 Å². The van der Waals surface area contributed by atoms with E-state index >= 15 is 0 Å². The SMILES string of the molecule is Brc1cnc(Nc2nc(CCc3ccccc3)cs2)cc1Cc1ccn[nH]1. The molecule has 3 heterocycles. The average Bonchev–Trinajstić information content (AvgIpc) is 3.36. The third kappa shape index (κ3) is 4.81. The fraction of sp³-hybridized carbons (Fsp3) is 0.150. The molecular formula is C20H18BrN5S. The molecule has 0 aliphatic carbocycles. The quantitative estimate of drug-likeness (QED) is 0.418. The molecule has 0 amide bonds. The maximum absolute atomic E-state index is 4.69. The van der Waals surface area contributed by atoms with Crippen molar-refractivity contribution in [2.75, 3.05) is 5.32 Å². The molecule has 0 radical (unpaired) electrons. The van der Waals surface area contributed by atoms with E-state index in [-0.39, 0.29) is 0 Å². The predicted molar refractivity (Wildman–Crippen MR) is 113 cm³/mol. The molecule has 0 saturated carbocycles. The lowest BCUT2D eigenvalue weighted by molar-refractivity contribution is 0.927. The predicted octanol–water partition coefficient (Wildman–Crippen LogP) is 5.14. The number of nitrogens with zero attached hydrogens (tertiary/aromatic N) is 3. The number of hydrogen-bond acceptors (Lipinski definition) is 5. The normalized spacial score (nSPS) is 10.9. The number of rotatable bonds is 7. The second-order valence-electron chi connectivity index (χ2n) is 6.17. The Labute approximate surface area is 170 Å². The smallest absolute Gasteiger partial charge is 0.188 e. The summed E-state index contributed by atoms with van der Waals surface area (Å²) in [6, 6.07) is 14.5. The van der Waals surface area contributed by atoms with E-state index in [0.29, 0.717) is 0 Å². The number of thiazole rings is 1. The molecule has 27 heavy (non-hydrogen) atoms. The summed E-state index contributed by atoms with van der Waals surface area (Å²) in [6.45, 7) is 0. The van der Waals surface area contributed by atoms with E-state index in [9.17, 15) is 0 Å². The van der Waals surface area contributed by atoms with Gasteiger partial charge in [0, 0.05) is 34.4 Å². The number of benzene rings is 1. The Morgan fingerprint density at radius 2 is 2.00 bits per heavy atom. The van der Waals surface area contributed by atoms with Crippen molar-refractivity contribution in [2.24, 2.45) is 0 Å². The molecule has 0 unspecified atom stereocenters. The number of H-pyrrole nitrogens is 1. The number of nitrogens with one attached hydrogen (secondary N) is 2. The molecule has 0 saturated heterocycles. The van der Waals surface area contributed by atoms with E-state index in [1.54, 1.807) is 17.5 Å². The van der Waals surface area contributed by atoms with Crippen molar-refractivity contribution in [2.45, 2.75) is 19.3 Å². The third-order valence-electron chi connectivity index (χ3n) is 4.17.